The molecule has 1 heterocycles. The van der Waals surface area contributed by atoms with Gasteiger partial charge in [-0.05, 0) is 44.6 Å². The average Bonchev–Trinajstić information content (AvgIpc) is 2.63. The lowest BCUT2D eigenvalue weighted by atomic mass is 9.91. The zero-order valence-corrected chi connectivity index (χ0v) is 11.8. The van der Waals surface area contributed by atoms with Crippen molar-refractivity contribution in [1.29, 1.82) is 0 Å². The highest BCUT2D eigenvalue weighted by atomic mass is 35.5. The summed E-state index contributed by atoms with van der Waals surface area (Å²) in [5.74, 6) is 0.467. The molecule has 0 aromatic rings. The summed E-state index contributed by atoms with van der Waals surface area (Å²) in [7, 11) is 0. The predicted molar refractivity (Wildman–Crippen MR) is 75.6 cm³/mol. The van der Waals surface area contributed by atoms with E-state index >= 15 is 0 Å². The van der Waals surface area contributed by atoms with Crippen LogP contribution in [0.15, 0.2) is 27.7 Å². The predicted octanol–water partition coefficient (Wildman–Crippen LogP) is 3.35. The lowest BCUT2D eigenvalue weighted by Gasteiger charge is -2.18. The fourth-order valence-corrected chi connectivity index (χ4v) is 2.65. The van der Waals surface area contributed by atoms with Gasteiger partial charge in [0.2, 0.25) is 0 Å². The summed E-state index contributed by atoms with van der Waals surface area (Å²) in [6.45, 7) is 4.20. The second-order valence-corrected chi connectivity index (χ2v) is 5.67. The van der Waals surface area contributed by atoms with Crippen LogP contribution in [0.4, 0.5) is 0 Å². The first kappa shape index (κ1) is 13.5. The van der Waals surface area contributed by atoms with Crippen LogP contribution in [0, 0.1) is 5.92 Å². The molecule has 0 fully saturated rings. The van der Waals surface area contributed by atoms with Crippen LogP contribution in [0.2, 0.25) is 0 Å². The lowest BCUT2D eigenvalue weighted by Crippen LogP contribution is -2.20. The monoisotopic (exact) mass is 268 g/mol. The Balaban J connectivity index is 1.76. The minimum Gasteiger partial charge on any atom is -0.460 e. The van der Waals surface area contributed by atoms with Crippen molar-refractivity contribution >= 4 is 17.6 Å². The molecule has 0 spiro atoms. The molecule has 3 nitrogen and oxygen atoms in total. The third-order valence-corrected chi connectivity index (χ3v) is 4.16. The van der Waals surface area contributed by atoms with Crippen molar-refractivity contribution in [3.05, 3.63) is 22.8 Å². The van der Waals surface area contributed by atoms with E-state index in [4.69, 9.17) is 22.1 Å². The van der Waals surface area contributed by atoms with Crippen molar-refractivity contribution in [3.8, 4) is 0 Å². The van der Waals surface area contributed by atoms with Gasteiger partial charge >= 0.3 is 0 Å². The van der Waals surface area contributed by atoms with Crippen LogP contribution in [0.5, 0.6) is 0 Å². The number of amidine groups is 1. The van der Waals surface area contributed by atoms with Gasteiger partial charge in [0.05, 0.1) is 6.04 Å². The van der Waals surface area contributed by atoms with Crippen molar-refractivity contribution in [2.75, 3.05) is 0 Å². The van der Waals surface area contributed by atoms with E-state index in [0.29, 0.717) is 11.9 Å². The van der Waals surface area contributed by atoms with Crippen LogP contribution in [0.25, 0.3) is 0 Å². The van der Waals surface area contributed by atoms with E-state index in [2.05, 4.69) is 18.0 Å². The fraction of sp³-hybridized carbons (Fsp3) is 0.643. The van der Waals surface area contributed by atoms with Gasteiger partial charge in [-0.1, -0.05) is 30.2 Å². The second kappa shape index (κ2) is 5.79. The summed E-state index contributed by atoms with van der Waals surface area (Å²) in [5.41, 5.74) is 7.04. The van der Waals surface area contributed by atoms with E-state index in [1.165, 1.54) is 5.57 Å². The third kappa shape index (κ3) is 3.29. The Morgan fingerprint density at radius 2 is 2.22 bits per heavy atom. The average molecular weight is 269 g/mol. The first-order valence-corrected chi connectivity index (χ1v) is 6.99. The molecular formula is C14H21ClN2O. The van der Waals surface area contributed by atoms with Gasteiger partial charge in [-0.15, -0.1) is 0 Å². The molecular weight excluding hydrogens is 248 g/mol. The molecule has 2 N–H and O–H groups in total. The Kier molecular flexibility index (Phi) is 4.33. The number of aliphatic imine (C=N–C) groups is 1. The molecule has 2 rings (SSSR count). The van der Waals surface area contributed by atoms with Crippen molar-refractivity contribution in [2.24, 2.45) is 16.6 Å². The molecule has 18 heavy (non-hydrogen) atoms. The van der Waals surface area contributed by atoms with Crippen molar-refractivity contribution in [3.63, 3.8) is 0 Å². The summed E-state index contributed by atoms with van der Waals surface area (Å²) in [6.07, 6.45) is 8.67. The molecule has 0 aromatic heterocycles. The molecule has 100 valence electrons. The number of nitrogens with two attached hydrogens (primary N) is 1. The summed E-state index contributed by atoms with van der Waals surface area (Å²) < 4.78 is 5.33. The lowest BCUT2D eigenvalue weighted by molar-refractivity contribution is 0.204. The first-order valence-electron chi connectivity index (χ1n) is 6.61. The van der Waals surface area contributed by atoms with E-state index in [-0.39, 0.29) is 12.1 Å². The molecule has 3 atom stereocenters. The van der Waals surface area contributed by atoms with Gasteiger partial charge in [-0.2, -0.15) is 0 Å². The van der Waals surface area contributed by atoms with E-state index in [1.807, 2.05) is 13.0 Å². The normalized spacial score (nSPS) is 31.5. The number of allylic oxidation sites excluding steroid dienone is 4. The molecule has 0 radical (unpaired) electrons. The Morgan fingerprint density at radius 3 is 2.83 bits per heavy atom. The highest BCUT2D eigenvalue weighted by Crippen LogP contribution is 2.30. The molecule has 3 unspecified atom stereocenters. The van der Waals surface area contributed by atoms with Crippen molar-refractivity contribution in [1.82, 2.24) is 0 Å². The molecule has 0 saturated heterocycles. The minimum absolute atomic E-state index is 0.124. The van der Waals surface area contributed by atoms with Crippen molar-refractivity contribution in [2.45, 2.75) is 51.7 Å². The van der Waals surface area contributed by atoms with Gasteiger partial charge < -0.3 is 10.5 Å². The van der Waals surface area contributed by atoms with E-state index in [1.54, 1.807) is 0 Å². The van der Waals surface area contributed by atoms with Crippen LogP contribution in [0.1, 0.15) is 39.5 Å². The Bertz CT molecular complexity index is 401. The maximum Gasteiger partial charge on any atom is 0.282 e. The first-order chi connectivity index (χ1) is 8.56. The molecule has 1 aliphatic carbocycles. The van der Waals surface area contributed by atoms with E-state index in [9.17, 15) is 0 Å². The topological polar surface area (TPSA) is 47.6 Å². The quantitative estimate of drug-likeness (QED) is 0.850. The Hall–Kier alpha value is -0.960. The molecule has 0 aromatic carbocycles. The SMILES string of the molecule is CC1CC(CCCC2N=C(N)OC2C)=CC=C1Cl. The van der Waals surface area contributed by atoms with Crippen molar-refractivity contribution < 1.29 is 4.74 Å². The molecule has 0 amide bonds. The number of ether oxygens (including phenoxy) is 1. The van der Waals surface area contributed by atoms with Gasteiger partial charge in [-0.25, -0.2) is 4.99 Å². The summed E-state index contributed by atoms with van der Waals surface area (Å²) in [4.78, 5) is 4.30. The third-order valence-electron chi connectivity index (χ3n) is 3.66. The van der Waals surface area contributed by atoms with Crippen LogP contribution in [-0.2, 0) is 4.74 Å². The standard InChI is InChI=1S/C14H21ClN2O/c1-9-8-11(6-7-12(9)15)4-3-5-13-10(2)18-14(16)17-13/h6-7,9-10,13H,3-5,8H2,1-2H3,(H2,16,17). The molecule has 0 saturated carbocycles. The zero-order valence-electron chi connectivity index (χ0n) is 11.0. The Morgan fingerprint density at radius 1 is 1.44 bits per heavy atom. The van der Waals surface area contributed by atoms with Crippen LogP contribution < -0.4 is 5.73 Å². The van der Waals surface area contributed by atoms with E-state index < -0.39 is 0 Å². The van der Waals surface area contributed by atoms with Gasteiger partial charge in [0.1, 0.15) is 6.10 Å². The maximum atomic E-state index is 6.07. The number of hydrogen-bond donors (Lipinski definition) is 1. The van der Waals surface area contributed by atoms with Gasteiger partial charge in [-0.3, -0.25) is 0 Å². The zero-order chi connectivity index (χ0) is 13.1. The van der Waals surface area contributed by atoms with Gasteiger partial charge in [0.15, 0.2) is 0 Å². The highest BCUT2D eigenvalue weighted by Gasteiger charge is 2.25. The maximum absolute atomic E-state index is 6.07. The summed E-state index contributed by atoms with van der Waals surface area (Å²) in [5, 5.41) is 0.967. The van der Waals surface area contributed by atoms with Crippen LogP contribution >= 0.6 is 11.6 Å². The Labute approximate surface area is 114 Å². The fourth-order valence-electron chi connectivity index (χ4n) is 2.51. The second-order valence-electron chi connectivity index (χ2n) is 5.23. The van der Waals surface area contributed by atoms with Gasteiger partial charge in [0.25, 0.3) is 6.02 Å². The molecule has 2 aliphatic rings. The highest BCUT2D eigenvalue weighted by molar-refractivity contribution is 6.30. The number of hydrogen-bond acceptors (Lipinski definition) is 3. The van der Waals surface area contributed by atoms with E-state index in [0.717, 1.165) is 30.7 Å². The number of nitrogens with zero attached hydrogens (tertiary/aromatic N) is 1. The van der Waals surface area contributed by atoms with Crippen LogP contribution in [-0.4, -0.2) is 18.2 Å². The molecule has 0 bridgehead atoms. The number of halogens is 1. The largest absolute Gasteiger partial charge is 0.460 e. The molecule has 4 heteroatoms. The molecule has 1 aliphatic heterocycles. The minimum atomic E-state index is 0.124. The summed E-state index contributed by atoms with van der Waals surface area (Å²) in [6, 6.07) is 0.568. The number of rotatable bonds is 4. The summed E-state index contributed by atoms with van der Waals surface area (Å²) >= 11 is 6.07. The smallest absolute Gasteiger partial charge is 0.282 e. The van der Waals surface area contributed by atoms with Crippen LogP contribution in [0.3, 0.4) is 0 Å². The van der Waals surface area contributed by atoms with Gasteiger partial charge in [0, 0.05) is 5.03 Å².